The number of aryl methyl sites for hydroxylation is 2. The zero-order valence-corrected chi connectivity index (χ0v) is 11.8. The van der Waals surface area contributed by atoms with E-state index in [2.05, 4.69) is 31.0 Å². The molecule has 1 heterocycles. The molecule has 0 radical (unpaired) electrons. The molecule has 1 fully saturated rings. The molecule has 1 unspecified atom stereocenters. The molecule has 1 aromatic rings. The lowest BCUT2D eigenvalue weighted by Crippen LogP contribution is -2.32. The molecule has 2 aliphatic carbocycles. The fourth-order valence-electron chi connectivity index (χ4n) is 3.06. The third kappa shape index (κ3) is 2.32. The minimum Gasteiger partial charge on any atom is -0.356 e. The SMILES string of the molecule is CC(C1CC1)N(C)c1nc2c(cc1C#N)CCCC2. The number of hydrogen-bond donors (Lipinski definition) is 0. The summed E-state index contributed by atoms with van der Waals surface area (Å²) in [4.78, 5) is 7.03. The van der Waals surface area contributed by atoms with Crippen LogP contribution in [0.5, 0.6) is 0 Å². The van der Waals surface area contributed by atoms with Crippen LogP contribution in [0, 0.1) is 17.2 Å². The van der Waals surface area contributed by atoms with Crippen LogP contribution in [-0.2, 0) is 12.8 Å². The Balaban J connectivity index is 1.97. The zero-order valence-electron chi connectivity index (χ0n) is 11.8. The molecule has 0 saturated heterocycles. The van der Waals surface area contributed by atoms with Gasteiger partial charge in [-0.25, -0.2) is 4.98 Å². The van der Waals surface area contributed by atoms with Gasteiger partial charge in [0, 0.05) is 18.8 Å². The van der Waals surface area contributed by atoms with Crippen molar-refractivity contribution in [3.63, 3.8) is 0 Å². The summed E-state index contributed by atoms with van der Waals surface area (Å²) < 4.78 is 0. The molecule has 100 valence electrons. The molecular formula is C16H21N3. The molecule has 0 spiro atoms. The predicted octanol–water partition coefficient (Wildman–Crippen LogP) is 3.07. The van der Waals surface area contributed by atoms with E-state index in [1.165, 1.54) is 36.9 Å². The largest absolute Gasteiger partial charge is 0.356 e. The van der Waals surface area contributed by atoms with Crippen molar-refractivity contribution in [3.8, 4) is 6.07 Å². The van der Waals surface area contributed by atoms with Gasteiger partial charge in [0.15, 0.2) is 0 Å². The third-order valence-electron chi connectivity index (χ3n) is 4.65. The number of anilines is 1. The van der Waals surface area contributed by atoms with E-state index in [4.69, 9.17) is 4.98 Å². The zero-order chi connectivity index (χ0) is 13.4. The van der Waals surface area contributed by atoms with Crippen LogP contribution >= 0.6 is 0 Å². The van der Waals surface area contributed by atoms with Crippen molar-refractivity contribution in [1.29, 1.82) is 5.26 Å². The first kappa shape index (κ1) is 12.5. The maximum atomic E-state index is 9.39. The van der Waals surface area contributed by atoms with Gasteiger partial charge in [0.05, 0.1) is 5.56 Å². The van der Waals surface area contributed by atoms with E-state index in [1.54, 1.807) is 0 Å². The Morgan fingerprint density at radius 1 is 1.37 bits per heavy atom. The molecular weight excluding hydrogens is 234 g/mol. The molecule has 0 bridgehead atoms. The highest BCUT2D eigenvalue weighted by molar-refractivity contribution is 5.56. The maximum Gasteiger partial charge on any atom is 0.146 e. The van der Waals surface area contributed by atoms with Crippen molar-refractivity contribution >= 4 is 5.82 Å². The number of hydrogen-bond acceptors (Lipinski definition) is 3. The molecule has 1 aromatic heterocycles. The Morgan fingerprint density at radius 2 is 2.11 bits per heavy atom. The van der Waals surface area contributed by atoms with Crippen LogP contribution < -0.4 is 4.90 Å². The lowest BCUT2D eigenvalue weighted by atomic mass is 9.94. The van der Waals surface area contributed by atoms with Crippen LogP contribution in [0.25, 0.3) is 0 Å². The number of nitrogens with zero attached hydrogens (tertiary/aromatic N) is 3. The standard InChI is InChI=1S/C16H21N3/c1-11(12-7-8-12)19(2)16-14(10-17)9-13-5-3-4-6-15(13)18-16/h9,11-12H,3-8H2,1-2H3. The Bertz CT molecular complexity index is 526. The molecule has 3 nitrogen and oxygen atoms in total. The van der Waals surface area contributed by atoms with Crippen molar-refractivity contribution in [1.82, 2.24) is 4.98 Å². The van der Waals surface area contributed by atoms with Crippen LogP contribution in [-0.4, -0.2) is 18.1 Å². The first-order chi connectivity index (χ1) is 9.20. The van der Waals surface area contributed by atoms with Gasteiger partial charge in [-0.15, -0.1) is 0 Å². The lowest BCUT2D eigenvalue weighted by molar-refractivity contribution is 0.598. The highest BCUT2D eigenvalue weighted by atomic mass is 15.2. The first-order valence-electron chi connectivity index (χ1n) is 7.36. The Labute approximate surface area is 115 Å². The van der Waals surface area contributed by atoms with Gasteiger partial charge in [-0.3, -0.25) is 0 Å². The predicted molar refractivity (Wildman–Crippen MR) is 76.2 cm³/mol. The first-order valence-corrected chi connectivity index (χ1v) is 7.36. The topological polar surface area (TPSA) is 39.9 Å². The number of fused-ring (bicyclic) bond motifs is 1. The molecule has 1 saturated carbocycles. The van der Waals surface area contributed by atoms with Gasteiger partial charge in [-0.2, -0.15) is 5.26 Å². The Morgan fingerprint density at radius 3 is 2.79 bits per heavy atom. The van der Waals surface area contributed by atoms with Gasteiger partial charge in [-0.1, -0.05) is 0 Å². The maximum absolute atomic E-state index is 9.39. The number of pyridine rings is 1. The second-order valence-corrected chi connectivity index (χ2v) is 5.97. The quantitative estimate of drug-likeness (QED) is 0.833. The molecule has 1 atom stereocenters. The Kier molecular flexibility index (Phi) is 3.18. The number of rotatable bonds is 3. The smallest absolute Gasteiger partial charge is 0.146 e. The molecule has 0 aliphatic heterocycles. The van der Waals surface area contributed by atoms with Crippen LogP contribution in [0.4, 0.5) is 5.82 Å². The summed E-state index contributed by atoms with van der Waals surface area (Å²) in [6.45, 7) is 2.25. The highest BCUT2D eigenvalue weighted by Crippen LogP contribution is 2.37. The van der Waals surface area contributed by atoms with Crippen LogP contribution in [0.1, 0.15) is 49.4 Å². The van der Waals surface area contributed by atoms with Gasteiger partial charge in [0.1, 0.15) is 11.9 Å². The minimum absolute atomic E-state index is 0.487. The third-order valence-corrected chi connectivity index (χ3v) is 4.65. The van der Waals surface area contributed by atoms with Crippen molar-refractivity contribution in [2.45, 2.75) is 51.5 Å². The highest BCUT2D eigenvalue weighted by Gasteiger charge is 2.32. The molecule has 19 heavy (non-hydrogen) atoms. The van der Waals surface area contributed by atoms with Crippen LogP contribution in [0.15, 0.2) is 6.07 Å². The van der Waals surface area contributed by atoms with Crippen molar-refractivity contribution < 1.29 is 0 Å². The monoisotopic (exact) mass is 255 g/mol. The van der Waals surface area contributed by atoms with Crippen molar-refractivity contribution in [2.75, 3.05) is 11.9 Å². The molecule has 2 aliphatic rings. The van der Waals surface area contributed by atoms with E-state index in [-0.39, 0.29) is 0 Å². The fraction of sp³-hybridized carbons (Fsp3) is 0.625. The molecule has 0 aromatic carbocycles. The van der Waals surface area contributed by atoms with Crippen LogP contribution in [0.3, 0.4) is 0 Å². The average molecular weight is 255 g/mol. The summed E-state index contributed by atoms with van der Waals surface area (Å²) in [5.74, 6) is 1.68. The van der Waals surface area contributed by atoms with E-state index >= 15 is 0 Å². The van der Waals surface area contributed by atoms with E-state index in [9.17, 15) is 5.26 Å². The van der Waals surface area contributed by atoms with Gasteiger partial charge < -0.3 is 4.90 Å². The normalized spacial score (nSPS) is 19.4. The molecule has 0 amide bonds. The Hall–Kier alpha value is -1.56. The second-order valence-electron chi connectivity index (χ2n) is 5.97. The van der Waals surface area contributed by atoms with E-state index < -0.39 is 0 Å². The minimum atomic E-state index is 0.487. The molecule has 0 N–H and O–H groups in total. The van der Waals surface area contributed by atoms with E-state index in [0.29, 0.717) is 6.04 Å². The molecule has 3 heteroatoms. The summed E-state index contributed by atoms with van der Waals surface area (Å²) in [5, 5.41) is 9.39. The molecule has 3 rings (SSSR count). The summed E-state index contributed by atoms with van der Waals surface area (Å²) in [6.07, 6.45) is 7.25. The number of aromatic nitrogens is 1. The van der Waals surface area contributed by atoms with Crippen molar-refractivity contribution in [3.05, 3.63) is 22.9 Å². The van der Waals surface area contributed by atoms with Crippen molar-refractivity contribution in [2.24, 2.45) is 5.92 Å². The second kappa shape index (κ2) is 4.85. The van der Waals surface area contributed by atoms with Gasteiger partial charge in [-0.05, 0) is 63.0 Å². The van der Waals surface area contributed by atoms with Gasteiger partial charge >= 0.3 is 0 Å². The summed E-state index contributed by atoms with van der Waals surface area (Å²) in [5.41, 5.74) is 3.25. The summed E-state index contributed by atoms with van der Waals surface area (Å²) in [7, 11) is 2.08. The van der Waals surface area contributed by atoms with Crippen LogP contribution in [0.2, 0.25) is 0 Å². The average Bonchev–Trinajstić information content (AvgIpc) is 3.28. The summed E-state index contributed by atoms with van der Waals surface area (Å²) in [6, 6.07) is 4.90. The van der Waals surface area contributed by atoms with E-state index in [0.717, 1.165) is 30.1 Å². The fourth-order valence-corrected chi connectivity index (χ4v) is 3.06. The lowest BCUT2D eigenvalue weighted by Gasteiger charge is -2.28. The van der Waals surface area contributed by atoms with Gasteiger partial charge in [0.25, 0.3) is 0 Å². The number of nitriles is 1. The van der Waals surface area contributed by atoms with Gasteiger partial charge in [0.2, 0.25) is 0 Å². The summed E-state index contributed by atoms with van der Waals surface area (Å²) >= 11 is 0. The van der Waals surface area contributed by atoms with E-state index in [1.807, 2.05) is 0 Å².